The third-order valence-electron chi connectivity index (χ3n) is 1.49. The van der Waals surface area contributed by atoms with Gasteiger partial charge in [-0.3, -0.25) is 0 Å². The highest BCUT2D eigenvalue weighted by molar-refractivity contribution is 4.86. The van der Waals surface area contributed by atoms with Gasteiger partial charge in [0, 0.05) is 0 Å². The van der Waals surface area contributed by atoms with E-state index < -0.39 is 0 Å². The van der Waals surface area contributed by atoms with Crippen LogP contribution in [-0.2, 0) is 0 Å². The smallest absolute Gasteiger partial charge is 0.0661 e. The molecule has 0 aliphatic rings. The molecule has 0 rings (SSSR count). The van der Waals surface area contributed by atoms with E-state index in [0.717, 1.165) is 19.3 Å². The SMILES string of the molecule is [CH2-]CC(N)(C[CH2-])C[CH2-]. The van der Waals surface area contributed by atoms with E-state index >= 15 is 0 Å². The highest BCUT2D eigenvalue weighted by atomic mass is 14.7. The van der Waals surface area contributed by atoms with Crippen molar-refractivity contribution in [1.29, 1.82) is 0 Å². The van der Waals surface area contributed by atoms with Gasteiger partial charge in [0.05, 0.1) is 0 Å². The van der Waals surface area contributed by atoms with Crippen molar-refractivity contribution >= 4 is 0 Å². The molecule has 8 heavy (non-hydrogen) atoms. The summed E-state index contributed by atoms with van der Waals surface area (Å²) in [5.41, 5.74) is 5.50. The molecule has 0 saturated heterocycles. The molecule has 0 aliphatic heterocycles. The average molecular weight is 112 g/mol. The maximum Gasteiger partial charge on any atom is -0.0661 e. The van der Waals surface area contributed by atoms with Crippen LogP contribution in [0.5, 0.6) is 0 Å². The van der Waals surface area contributed by atoms with Crippen LogP contribution in [0, 0.1) is 20.8 Å². The van der Waals surface area contributed by atoms with E-state index in [-0.39, 0.29) is 5.54 Å². The van der Waals surface area contributed by atoms with Gasteiger partial charge in [-0.2, -0.15) is 19.3 Å². The van der Waals surface area contributed by atoms with E-state index in [9.17, 15) is 0 Å². The Kier molecular flexibility index (Phi) is 3.06. The lowest BCUT2D eigenvalue weighted by molar-refractivity contribution is 0.435. The largest absolute Gasteiger partial charge is 0.342 e. The van der Waals surface area contributed by atoms with Gasteiger partial charge in [-0.1, -0.05) is 5.54 Å². The van der Waals surface area contributed by atoms with Crippen molar-refractivity contribution in [1.82, 2.24) is 0 Å². The number of rotatable bonds is 3. The van der Waals surface area contributed by atoms with Crippen molar-refractivity contribution < 1.29 is 0 Å². The summed E-state index contributed by atoms with van der Waals surface area (Å²) >= 11 is 0. The Morgan fingerprint density at radius 2 is 1.25 bits per heavy atom. The maximum absolute atomic E-state index is 5.71. The Morgan fingerprint density at radius 1 is 1.00 bits per heavy atom. The van der Waals surface area contributed by atoms with Crippen LogP contribution in [0.4, 0.5) is 0 Å². The van der Waals surface area contributed by atoms with Crippen molar-refractivity contribution in [2.75, 3.05) is 0 Å². The summed E-state index contributed by atoms with van der Waals surface area (Å²) in [7, 11) is 0. The summed E-state index contributed by atoms with van der Waals surface area (Å²) in [6, 6.07) is 0. The van der Waals surface area contributed by atoms with Gasteiger partial charge in [0.1, 0.15) is 0 Å². The molecular formula is C7H14N-3. The molecule has 50 valence electrons. The lowest BCUT2D eigenvalue weighted by Crippen LogP contribution is -2.37. The zero-order valence-electron chi connectivity index (χ0n) is 5.32. The standard InChI is InChI=1S/C7H14N/c1-4-7(8,5-2)6-3/h1-6,8H2/q-3. The molecule has 0 heterocycles. The fourth-order valence-electron chi connectivity index (χ4n) is 0.375. The molecule has 0 unspecified atom stereocenters. The zero-order valence-corrected chi connectivity index (χ0v) is 5.32. The molecule has 0 bridgehead atoms. The van der Waals surface area contributed by atoms with Crippen LogP contribution in [0.1, 0.15) is 19.3 Å². The second kappa shape index (κ2) is 3.08. The van der Waals surface area contributed by atoms with Crippen LogP contribution >= 0.6 is 0 Å². The molecule has 0 aliphatic carbocycles. The molecule has 0 aromatic heterocycles. The molecule has 0 aromatic carbocycles. The predicted octanol–water partition coefficient (Wildman–Crippen LogP) is 1.36. The molecular weight excluding hydrogens is 98.1 g/mol. The molecule has 2 N–H and O–H groups in total. The Bertz CT molecular complexity index is 47.1. The first-order chi connectivity index (χ1) is 3.68. The van der Waals surface area contributed by atoms with Crippen LogP contribution in [0.3, 0.4) is 0 Å². The van der Waals surface area contributed by atoms with Gasteiger partial charge >= 0.3 is 0 Å². The first-order valence-corrected chi connectivity index (χ1v) is 2.85. The summed E-state index contributed by atoms with van der Waals surface area (Å²) in [5.74, 6) is 0. The minimum absolute atomic E-state index is 0.208. The summed E-state index contributed by atoms with van der Waals surface area (Å²) < 4.78 is 0. The van der Waals surface area contributed by atoms with Crippen LogP contribution in [0.15, 0.2) is 0 Å². The highest BCUT2D eigenvalue weighted by Crippen LogP contribution is 2.13. The van der Waals surface area contributed by atoms with Gasteiger partial charge in [-0.25, -0.2) is 0 Å². The number of nitrogens with two attached hydrogens (primary N) is 1. The third kappa shape index (κ3) is 1.83. The van der Waals surface area contributed by atoms with Crippen LogP contribution in [0.25, 0.3) is 0 Å². The van der Waals surface area contributed by atoms with E-state index in [1.165, 1.54) is 0 Å². The van der Waals surface area contributed by atoms with Gasteiger partial charge in [0.2, 0.25) is 0 Å². The van der Waals surface area contributed by atoms with Crippen LogP contribution in [0.2, 0.25) is 0 Å². The summed E-state index contributed by atoms with van der Waals surface area (Å²) in [5, 5.41) is 0. The van der Waals surface area contributed by atoms with Gasteiger partial charge < -0.3 is 26.5 Å². The Balaban J connectivity index is 3.58. The summed E-state index contributed by atoms with van der Waals surface area (Å²) in [4.78, 5) is 0. The van der Waals surface area contributed by atoms with Crippen molar-refractivity contribution in [3.63, 3.8) is 0 Å². The second-order valence-electron chi connectivity index (χ2n) is 2.11. The summed E-state index contributed by atoms with van der Waals surface area (Å²) in [6.07, 6.45) is 2.17. The second-order valence-corrected chi connectivity index (χ2v) is 2.11. The topological polar surface area (TPSA) is 26.0 Å². The molecule has 0 amide bonds. The number of hydrogen-bond acceptors (Lipinski definition) is 1. The lowest BCUT2D eigenvalue weighted by Gasteiger charge is -2.35. The van der Waals surface area contributed by atoms with E-state index in [1.807, 2.05) is 0 Å². The van der Waals surface area contributed by atoms with Crippen molar-refractivity contribution in [2.45, 2.75) is 24.8 Å². The maximum atomic E-state index is 5.71. The van der Waals surface area contributed by atoms with Crippen molar-refractivity contribution in [3.05, 3.63) is 20.8 Å². The molecule has 0 radical (unpaired) electrons. The van der Waals surface area contributed by atoms with Crippen LogP contribution in [-0.4, -0.2) is 5.54 Å². The molecule has 0 aromatic rings. The summed E-state index contributed by atoms with van der Waals surface area (Å²) in [6.45, 7) is 11.1. The first-order valence-electron chi connectivity index (χ1n) is 2.85. The Labute approximate surface area is 52.3 Å². The van der Waals surface area contributed by atoms with Crippen molar-refractivity contribution in [3.8, 4) is 0 Å². The molecule has 0 saturated carbocycles. The first kappa shape index (κ1) is 7.96. The molecule has 0 atom stereocenters. The molecule has 0 spiro atoms. The average Bonchev–Trinajstić information content (AvgIpc) is 1.87. The Morgan fingerprint density at radius 3 is 1.25 bits per heavy atom. The van der Waals surface area contributed by atoms with Crippen molar-refractivity contribution in [2.24, 2.45) is 5.73 Å². The Hall–Kier alpha value is -0.0400. The number of hydrogen-bond donors (Lipinski definition) is 1. The minimum Gasteiger partial charge on any atom is -0.342 e. The van der Waals surface area contributed by atoms with E-state index in [4.69, 9.17) is 5.73 Å². The lowest BCUT2D eigenvalue weighted by atomic mass is 9.92. The van der Waals surface area contributed by atoms with Gasteiger partial charge in [-0.05, 0) is 0 Å². The zero-order chi connectivity index (χ0) is 6.62. The van der Waals surface area contributed by atoms with E-state index in [0.29, 0.717) is 0 Å². The van der Waals surface area contributed by atoms with Crippen LogP contribution < -0.4 is 5.73 Å². The predicted molar refractivity (Wildman–Crippen MR) is 36.8 cm³/mol. The fourth-order valence-corrected chi connectivity index (χ4v) is 0.375. The molecule has 1 heteroatoms. The fraction of sp³-hybridized carbons (Fsp3) is 0.571. The quantitative estimate of drug-likeness (QED) is 0.548. The van der Waals surface area contributed by atoms with Gasteiger partial charge in [-0.15, -0.1) is 0 Å². The van der Waals surface area contributed by atoms with E-state index in [2.05, 4.69) is 20.8 Å². The van der Waals surface area contributed by atoms with Gasteiger partial charge in [0.15, 0.2) is 0 Å². The monoisotopic (exact) mass is 112 g/mol. The minimum atomic E-state index is -0.208. The third-order valence-corrected chi connectivity index (χ3v) is 1.49. The molecule has 1 nitrogen and oxygen atoms in total. The normalized spacial score (nSPS) is 12.0. The van der Waals surface area contributed by atoms with Gasteiger partial charge in [0.25, 0.3) is 0 Å². The highest BCUT2D eigenvalue weighted by Gasteiger charge is 2.04. The van der Waals surface area contributed by atoms with E-state index in [1.54, 1.807) is 0 Å². The molecule has 0 fully saturated rings.